The van der Waals surface area contributed by atoms with Crippen LogP contribution >= 0.6 is 22.9 Å². The molecule has 31 heavy (non-hydrogen) atoms. The number of aromatic nitrogens is 2. The van der Waals surface area contributed by atoms with Crippen molar-refractivity contribution in [3.63, 3.8) is 0 Å². The van der Waals surface area contributed by atoms with Crippen LogP contribution in [0.1, 0.15) is 38.1 Å². The number of esters is 1. The number of methoxy groups -OCH3 is 1. The van der Waals surface area contributed by atoms with E-state index in [-0.39, 0.29) is 27.7 Å². The summed E-state index contributed by atoms with van der Waals surface area (Å²) in [4.78, 5) is 39.9. The molecule has 8 nitrogen and oxygen atoms in total. The van der Waals surface area contributed by atoms with E-state index in [0.29, 0.717) is 21.3 Å². The molecule has 2 aromatic heterocycles. The Hall–Kier alpha value is -3.56. The summed E-state index contributed by atoms with van der Waals surface area (Å²) < 4.78 is 10.6. The van der Waals surface area contributed by atoms with Gasteiger partial charge in [-0.2, -0.15) is 0 Å². The lowest BCUT2D eigenvalue weighted by Gasteiger charge is -2.22. The maximum atomic E-state index is 13.4. The maximum absolute atomic E-state index is 13.4. The summed E-state index contributed by atoms with van der Waals surface area (Å²) in [5.74, 6) is -1.05. The largest absolute Gasteiger partial charge is 0.465 e. The van der Waals surface area contributed by atoms with Gasteiger partial charge in [-0.05, 0) is 35.9 Å². The molecular weight excluding hydrogens is 442 g/mol. The van der Waals surface area contributed by atoms with E-state index >= 15 is 0 Å². The molecule has 0 fully saturated rings. The molecule has 0 saturated carbocycles. The predicted molar refractivity (Wildman–Crippen MR) is 114 cm³/mol. The van der Waals surface area contributed by atoms with Gasteiger partial charge in [0.25, 0.3) is 5.91 Å². The first-order valence-electron chi connectivity index (χ1n) is 9.04. The third-order valence-corrected chi connectivity index (χ3v) is 5.96. The fraction of sp³-hybridized carbons (Fsp3) is 0.0952. The lowest BCUT2D eigenvalue weighted by molar-refractivity contribution is 0.0600. The zero-order valence-electron chi connectivity index (χ0n) is 15.9. The Labute approximate surface area is 183 Å². The molecule has 3 heterocycles. The van der Waals surface area contributed by atoms with Gasteiger partial charge in [-0.15, -0.1) is 10.2 Å². The van der Waals surface area contributed by atoms with Crippen LogP contribution in [-0.2, 0) is 4.74 Å². The summed E-state index contributed by atoms with van der Waals surface area (Å²) in [7, 11) is 1.29. The summed E-state index contributed by atoms with van der Waals surface area (Å²) in [6, 6.07) is 10.3. The summed E-state index contributed by atoms with van der Waals surface area (Å²) >= 11 is 7.24. The predicted octanol–water partition coefficient (Wildman–Crippen LogP) is 3.83. The average Bonchev–Trinajstić information content (AvgIpc) is 3.40. The number of nitrogens with zero attached hydrogens (tertiary/aromatic N) is 3. The molecular formula is C21H12ClN3O5S. The third-order valence-electron chi connectivity index (χ3n) is 5.03. The molecule has 1 aliphatic heterocycles. The van der Waals surface area contributed by atoms with E-state index in [0.717, 1.165) is 11.3 Å². The number of amides is 1. The van der Waals surface area contributed by atoms with Gasteiger partial charge in [0.15, 0.2) is 5.43 Å². The summed E-state index contributed by atoms with van der Waals surface area (Å²) in [6.45, 7) is 0. The quantitative estimate of drug-likeness (QED) is 0.434. The Balaban J connectivity index is 1.76. The highest BCUT2D eigenvalue weighted by Gasteiger charge is 2.45. The van der Waals surface area contributed by atoms with Crippen molar-refractivity contribution in [2.75, 3.05) is 12.0 Å². The Morgan fingerprint density at radius 2 is 1.97 bits per heavy atom. The van der Waals surface area contributed by atoms with E-state index in [1.165, 1.54) is 23.6 Å². The van der Waals surface area contributed by atoms with Crippen molar-refractivity contribution < 1.29 is 18.7 Å². The monoisotopic (exact) mass is 453 g/mol. The van der Waals surface area contributed by atoms with Gasteiger partial charge in [0.2, 0.25) is 10.9 Å². The van der Waals surface area contributed by atoms with Crippen LogP contribution in [0.5, 0.6) is 0 Å². The molecule has 0 radical (unpaired) electrons. The molecule has 0 spiro atoms. The number of carbonyl (C=O) groups excluding carboxylic acids is 2. The van der Waals surface area contributed by atoms with Gasteiger partial charge in [-0.25, -0.2) is 4.79 Å². The standard InChI is InChI=1S/C21H12ClN3O5S/c1-29-20(28)11-4-2-10(3-5-11)16-15-17(26)13-8-12(22)6-7-14(13)30-18(15)19(27)25(16)21-24-23-9-31-21/h2-9,16H,1H3/t16-/m1/s1. The van der Waals surface area contributed by atoms with Crippen LogP contribution in [0.4, 0.5) is 5.13 Å². The Morgan fingerprint density at radius 3 is 2.65 bits per heavy atom. The Kier molecular flexibility index (Phi) is 4.57. The normalized spacial score (nSPS) is 15.4. The van der Waals surface area contributed by atoms with Crippen LogP contribution in [0.3, 0.4) is 0 Å². The molecule has 1 atom stereocenters. The second-order valence-corrected chi connectivity index (χ2v) is 7.98. The molecule has 0 bridgehead atoms. The van der Waals surface area contributed by atoms with E-state index < -0.39 is 17.9 Å². The van der Waals surface area contributed by atoms with Gasteiger partial charge in [0, 0.05) is 5.02 Å². The van der Waals surface area contributed by atoms with Crippen LogP contribution in [-0.4, -0.2) is 29.2 Å². The highest BCUT2D eigenvalue weighted by atomic mass is 35.5. The number of hydrogen-bond donors (Lipinski definition) is 0. The zero-order chi connectivity index (χ0) is 21.7. The number of hydrogen-bond acceptors (Lipinski definition) is 8. The molecule has 5 rings (SSSR count). The first-order valence-corrected chi connectivity index (χ1v) is 10.3. The van der Waals surface area contributed by atoms with Crippen molar-refractivity contribution in [3.8, 4) is 0 Å². The fourth-order valence-corrected chi connectivity index (χ4v) is 4.41. The van der Waals surface area contributed by atoms with Crippen molar-refractivity contribution in [1.82, 2.24) is 10.2 Å². The second kappa shape index (κ2) is 7.29. The van der Waals surface area contributed by atoms with E-state index in [2.05, 4.69) is 10.2 Å². The lowest BCUT2D eigenvalue weighted by atomic mass is 9.98. The SMILES string of the molecule is COC(=O)c1ccc([C@@H]2c3c(oc4ccc(Cl)cc4c3=O)C(=O)N2c2nncs2)cc1. The molecule has 4 aromatic rings. The Morgan fingerprint density at radius 1 is 1.19 bits per heavy atom. The number of carbonyl (C=O) groups is 2. The van der Waals surface area contributed by atoms with Crippen molar-refractivity contribution in [2.45, 2.75) is 6.04 Å². The second-order valence-electron chi connectivity index (χ2n) is 6.73. The van der Waals surface area contributed by atoms with Gasteiger partial charge >= 0.3 is 5.97 Å². The van der Waals surface area contributed by atoms with Crippen LogP contribution in [0.2, 0.25) is 5.02 Å². The minimum atomic E-state index is -0.804. The fourth-order valence-electron chi connectivity index (χ4n) is 3.65. The number of halogens is 1. The lowest BCUT2D eigenvalue weighted by Crippen LogP contribution is -2.29. The highest BCUT2D eigenvalue weighted by molar-refractivity contribution is 7.13. The Bertz CT molecular complexity index is 1400. The first-order chi connectivity index (χ1) is 15.0. The molecule has 1 aliphatic rings. The van der Waals surface area contributed by atoms with E-state index in [9.17, 15) is 14.4 Å². The summed E-state index contributed by atoms with van der Waals surface area (Å²) in [5.41, 5.74) is 2.52. The topological polar surface area (TPSA) is 103 Å². The molecule has 0 N–H and O–H groups in total. The molecule has 1 amide bonds. The van der Waals surface area contributed by atoms with Gasteiger partial charge in [-0.1, -0.05) is 35.1 Å². The van der Waals surface area contributed by atoms with E-state index in [1.54, 1.807) is 36.4 Å². The van der Waals surface area contributed by atoms with Crippen LogP contribution in [0.15, 0.2) is 57.2 Å². The van der Waals surface area contributed by atoms with Gasteiger partial charge < -0.3 is 9.15 Å². The molecule has 0 unspecified atom stereocenters. The molecule has 10 heteroatoms. The van der Waals surface area contributed by atoms with Crippen molar-refractivity contribution in [1.29, 1.82) is 0 Å². The molecule has 2 aromatic carbocycles. The summed E-state index contributed by atoms with van der Waals surface area (Å²) in [6.07, 6.45) is 0. The van der Waals surface area contributed by atoms with Gasteiger partial charge in [0.05, 0.1) is 29.7 Å². The van der Waals surface area contributed by atoms with Crippen molar-refractivity contribution >= 4 is 50.9 Å². The van der Waals surface area contributed by atoms with E-state index in [1.807, 2.05) is 0 Å². The third kappa shape index (κ3) is 3.01. The number of benzene rings is 2. The van der Waals surface area contributed by atoms with Crippen LogP contribution < -0.4 is 10.3 Å². The molecule has 0 aliphatic carbocycles. The van der Waals surface area contributed by atoms with Crippen molar-refractivity contribution in [3.05, 3.63) is 85.7 Å². The summed E-state index contributed by atoms with van der Waals surface area (Å²) in [5, 5.41) is 8.80. The maximum Gasteiger partial charge on any atom is 0.337 e. The van der Waals surface area contributed by atoms with Gasteiger partial charge in [-0.3, -0.25) is 14.5 Å². The van der Waals surface area contributed by atoms with Gasteiger partial charge in [0.1, 0.15) is 11.1 Å². The van der Waals surface area contributed by atoms with E-state index in [4.69, 9.17) is 20.8 Å². The minimum Gasteiger partial charge on any atom is -0.465 e. The molecule has 0 saturated heterocycles. The smallest absolute Gasteiger partial charge is 0.337 e. The zero-order valence-corrected chi connectivity index (χ0v) is 17.4. The van der Waals surface area contributed by atoms with Crippen LogP contribution in [0, 0.1) is 0 Å². The van der Waals surface area contributed by atoms with Crippen LogP contribution in [0.25, 0.3) is 11.0 Å². The average molecular weight is 454 g/mol. The highest BCUT2D eigenvalue weighted by Crippen LogP contribution is 2.41. The first kappa shape index (κ1) is 19.4. The number of fused-ring (bicyclic) bond motifs is 2. The minimum absolute atomic E-state index is 0.0583. The molecule has 154 valence electrons. The number of anilines is 1. The number of rotatable bonds is 3. The van der Waals surface area contributed by atoms with Crippen molar-refractivity contribution in [2.24, 2.45) is 0 Å². The number of ether oxygens (including phenoxy) is 1.